The minimum Gasteiger partial charge on any atom is -0.288 e. The van der Waals surface area contributed by atoms with E-state index in [2.05, 4.69) is 37.5 Å². The van der Waals surface area contributed by atoms with Gasteiger partial charge in [0.25, 0.3) is 0 Å². The molecule has 1 rings (SSSR count). The second-order valence-corrected chi connectivity index (χ2v) is 5.83. The fourth-order valence-corrected chi connectivity index (χ4v) is 2.73. The van der Waals surface area contributed by atoms with Crippen molar-refractivity contribution in [3.05, 3.63) is 0 Å². The third-order valence-corrected chi connectivity index (χ3v) is 4.08. The molecular weight excluding hydrogens is 218 g/mol. The normalized spacial score (nSPS) is 19.9. The number of rotatable bonds is 6. The summed E-state index contributed by atoms with van der Waals surface area (Å²) in [5, 5.41) is 0. The maximum absolute atomic E-state index is 3.61. The average Bonchev–Trinajstić information content (AvgIpc) is 2.42. The van der Waals surface area contributed by atoms with Gasteiger partial charge in [0.05, 0.1) is 5.54 Å². The number of likely N-dealkylation sites (tertiary alicyclic amines) is 1. The first-order valence-corrected chi connectivity index (χ1v) is 7.98. The summed E-state index contributed by atoms with van der Waals surface area (Å²) in [5.41, 5.74) is 0.143. The highest BCUT2D eigenvalue weighted by atomic mass is 15.2. The van der Waals surface area contributed by atoms with Crippen molar-refractivity contribution < 1.29 is 0 Å². The molecule has 1 atom stereocenters. The van der Waals surface area contributed by atoms with E-state index in [4.69, 9.17) is 0 Å². The Kier molecular flexibility index (Phi) is 7.44. The van der Waals surface area contributed by atoms with Crippen molar-refractivity contribution in [2.75, 3.05) is 13.1 Å². The lowest BCUT2D eigenvalue weighted by Crippen LogP contribution is -2.48. The second-order valence-electron chi connectivity index (χ2n) is 5.83. The van der Waals surface area contributed by atoms with Gasteiger partial charge in [0, 0.05) is 6.42 Å². The van der Waals surface area contributed by atoms with E-state index in [0.29, 0.717) is 0 Å². The summed E-state index contributed by atoms with van der Waals surface area (Å²) in [6.45, 7) is 9.39. The summed E-state index contributed by atoms with van der Waals surface area (Å²) < 4.78 is 0. The zero-order valence-corrected chi connectivity index (χ0v) is 12.7. The first-order chi connectivity index (χ1) is 8.73. The SMILES string of the molecule is CCCCC#CC(C)(CCCC)N1CCCCC1. The van der Waals surface area contributed by atoms with Crippen LogP contribution in [0.2, 0.25) is 0 Å². The van der Waals surface area contributed by atoms with Crippen LogP contribution in [0.3, 0.4) is 0 Å². The number of nitrogens with zero attached hydrogens (tertiary/aromatic N) is 1. The van der Waals surface area contributed by atoms with Gasteiger partial charge in [0.1, 0.15) is 0 Å². The van der Waals surface area contributed by atoms with Gasteiger partial charge in [-0.25, -0.2) is 0 Å². The number of unbranched alkanes of at least 4 members (excludes halogenated alkanes) is 3. The fourth-order valence-electron chi connectivity index (χ4n) is 2.73. The quantitative estimate of drug-likeness (QED) is 0.490. The van der Waals surface area contributed by atoms with Crippen LogP contribution in [0.1, 0.15) is 78.6 Å². The van der Waals surface area contributed by atoms with Crippen LogP contribution >= 0.6 is 0 Å². The standard InChI is InChI=1S/C17H31N/c1-4-6-8-10-14-17(3,13-7-5-2)18-15-11-9-12-16-18/h4-9,11-13,15-16H2,1-3H3. The minimum atomic E-state index is 0.143. The van der Waals surface area contributed by atoms with E-state index in [0.717, 1.165) is 6.42 Å². The van der Waals surface area contributed by atoms with E-state index in [1.165, 1.54) is 64.5 Å². The molecule has 1 heteroatoms. The van der Waals surface area contributed by atoms with Gasteiger partial charge in [0.15, 0.2) is 0 Å². The highest BCUT2D eigenvalue weighted by Gasteiger charge is 2.30. The largest absolute Gasteiger partial charge is 0.288 e. The Morgan fingerprint density at radius 2 is 1.67 bits per heavy atom. The Morgan fingerprint density at radius 3 is 2.28 bits per heavy atom. The van der Waals surface area contributed by atoms with E-state index in [1.54, 1.807) is 0 Å². The molecule has 0 aromatic heterocycles. The lowest BCUT2D eigenvalue weighted by Gasteiger charge is -2.40. The number of hydrogen-bond acceptors (Lipinski definition) is 1. The van der Waals surface area contributed by atoms with Gasteiger partial charge in [-0.1, -0.05) is 45.5 Å². The van der Waals surface area contributed by atoms with Crippen molar-refractivity contribution in [2.45, 2.75) is 84.1 Å². The Hall–Kier alpha value is -0.480. The van der Waals surface area contributed by atoms with E-state index in [1.807, 2.05) is 0 Å². The number of piperidine rings is 1. The van der Waals surface area contributed by atoms with Gasteiger partial charge >= 0.3 is 0 Å². The van der Waals surface area contributed by atoms with Gasteiger partial charge in [-0.15, -0.1) is 5.92 Å². The molecule has 104 valence electrons. The van der Waals surface area contributed by atoms with Crippen molar-refractivity contribution in [1.82, 2.24) is 4.90 Å². The second kappa shape index (κ2) is 8.59. The smallest absolute Gasteiger partial charge is 0.0797 e. The molecule has 0 saturated carbocycles. The topological polar surface area (TPSA) is 3.24 Å². The molecule has 0 spiro atoms. The molecule has 1 nitrogen and oxygen atoms in total. The maximum Gasteiger partial charge on any atom is 0.0797 e. The summed E-state index contributed by atoms with van der Waals surface area (Å²) >= 11 is 0. The van der Waals surface area contributed by atoms with E-state index in [9.17, 15) is 0 Å². The van der Waals surface area contributed by atoms with Crippen molar-refractivity contribution >= 4 is 0 Å². The van der Waals surface area contributed by atoms with Crippen LogP contribution in [-0.4, -0.2) is 23.5 Å². The molecule has 0 aliphatic carbocycles. The molecule has 0 aromatic carbocycles. The van der Waals surface area contributed by atoms with Gasteiger partial charge in [-0.3, -0.25) is 4.90 Å². The molecule has 18 heavy (non-hydrogen) atoms. The lowest BCUT2D eigenvalue weighted by molar-refractivity contribution is 0.116. The molecule has 0 N–H and O–H groups in total. The molecule has 1 fully saturated rings. The molecule has 1 heterocycles. The first-order valence-electron chi connectivity index (χ1n) is 7.98. The van der Waals surface area contributed by atoms with E-state index in [-0.39, 0.29) is 5.54 Å². The van der Waals surface area contributed by atoms with Crippen LogP contribution in [0.4, 0.5) is 0 Å². The van der Waals surface area contributed by atoms with Crippen molar-refractivity contribution in [2.24, 2.45) is 0 Å². The van der Waals surface area contributed by atoms with Crippen LogP contribution in [0, 0.1) is 11.8 Å². The third-order valence-electron chi connectivity index (χ3n) is 4.08. The van der Waals surface area contributed by atoms with Gasteiger partial charge in [-0.05, 0) is 45.7 Å². The molecule has 0 bridgehead atoms. The van der Waals surface area contributed by atoms with E-state index >= 15 is 0 Å². The van der Waals surface area contributed by atoms with Gasteiger partial charge < -0.3 is 0 Å². The number of hydrogen-bond donors (Lipinski definition) is 0. The van der Waals surface area contributed by atoms with Crippen molar-refractivity contribution in [1.29, 1.82) is 0 Å². The molecule has 1 unspecified atom stereocenters. The zero-order valence-electron chi connectivity index (χ0n) is 12.7. The Morgan fingerprint density at radius 1 is 1.00 bits per heavy atom. The molecule has 1 aliphatic heterocycles. The van der Waals surface area contributed by atoms with Gasteiger partial charge in [0.2, 0.25) is 0 Å². The predicted molar refractivity (Wildman–Crippen MR) is 80.7 cm³/mol. The highest BCUT2D eigenvalue weighted by Crippen LogP contribution is 2.25. The summed E-state index contributed by atoms with van der Waals surface area (Å²) in [4.78, 5) is 2.64. The molecule has 0 aromatic rings. The Balaban J connectivity index is 2.62. The summed E-state index contributed by atoms with van der Waals surface area (Å²) in [5.74, 6) is 7.05. The van der Waals surface area contributed by atoms with Crippen molar-refractivity contribution in [3.8, 4) is 11.8 Å². The first kappa shape index (κ1) is 15.6. The molecule has 0 radical (unpaired) electrons. The summed E-state index contributed by atoms with van der Waals surface area (Å²) in [6.07, 6.45) is 11.5. The van der Waals surface area contributed by atoms with Crippen LogP contribution in [-0.2, 0) is 0 Å². The molecule has 1 saturated heterocycles. The van der Waals surface area contributed by atoms with Crippen molar-refractivity contribution in [3.63, 3.8) is 0 Å². The highest BCUT2D eigenvalue weighted by molar-refractivity contribution is 5.17. The minimum absolute atomic E-state index is 0.143. The van der Waals surface area contributed by atoms with Crippen LogP contribution in [0.5, 0.6) is 0 Å². The van der Waals surface area contributed by atoms with Crippen LogP contribution in [0.25, 0.3) is 0 Å². The maximum atomic E-state index is 3.61. The average molecular weight is 249 g/mol. The zero-order chi connectivity index (χ0) is 13.3. The third kappa shape index (κ3) is 5.02. The molecule has 0 amide bonds. The van der Waals surface area contributed by atoms with Gasteiger partial charge in [-0.2, -0.15) is 0 Å². The molecular formula is C17H31N. The monoisotopic (exact) mass is 249 g/mol. The van der Waals surface area contributed by atoms with Crippen LogP contribution < -0.4 is 0 Å². The van der Waals surface area contributed by atoms with Crippen LogP contribution in [0.15, 0.2) is 0 Å². The Labute approximate surface area is 114 Å². The predicted octanol–water partition coefficient (Wildman–Crippen LogP) is 4.61. The Bertz CT molecular complexity index is 267. The summed E-state index contributed by atoms with van der Waals surface area (Å²) in [6, 6.07) is 0. The van der Waals surface area contributed by atoms with E-state index < -0.39 is 0 Å². The molecule has 1 aliphatic rings. The lowest BCUT2D eigenvalue weighted by atomic mass is 9.91. The fraction of sp³-hybridized carbons (Fsp3) is 0.882. The summed E-state index contributed by atoms with van der Waals surface area (Å²) in [7, 11) is 0.